The summed E-state index contributed by atoms with van der Waals surface area (Å²) in [4.78, 5) is 35.2. The Bertz CT molecular complexity index is 875. The zero-order valence-electron chi connectivity index (χ0n) is 14.4. The summed E-state index contributed by atoms with van der Waals surface area (Å²) in [5.41, 5.74) is 0.717. The van der Waals surface area contributed by atoms with Crippen molar-refractivity contribution in [3.8, 4) is 0 Å². The zero-order chi connectivity index (χ0) is 19.2. The lowest BCUT2D eigenvalue weighted by Crippen LogP contribution is -2.33. The number of nitro benzene ring substituents is 1. The first-order chi connectivity index (χ1) is 13.0. The van der Waals surface area contributed by atoms with Crippen LogP contribution in [0.1, 0.15) is 30.1 Å². The molecule has 0 saturated heterocycles. The molecule has 138 valence electrons. The number of hydrogen-bond acceptors (Lipinski definition) is 5. The number of hydrogen-bond donors (Lipinski definition) is 1. The van der Waals surface area contributed by atoms with Crippen molar-refractivity contribution in [2.45, 2.75) is 25.0 Å². The Hall–Kier alpha value is -3.48. The van der Waals surface area contributed by atoms with E-state index in [4.69, 9.17) is 4.74 Å². The molecule has 7 heteroatoms. The summed E-state index contributed by atoms with van der Waals surface area (Å²) >= 11 is 0. The van der Waals surface area contributed by atoms with Crippen molar-refractivity contribution in [2.75, 3.05) is 0 Å². The van der Waals surface area contributed by atoms with E-state index in [-0.39, 0.29) is 23.2 Å². The van der Waals surface area contributed by atoms with Gasteiger partial charge in [0.15, 0.2) is 0 Å². The third kappa shape index (κ3) is 5.01. The molecule has 27 heavy (non-hydrogen) atoms. The molecule has 2 aromatic rings. The molecular formula is C20H18N2O5. The molecular weight excluding hydrogens is 348 g/mol. The molecule has 1 aliphatic rings. The first-order valence-electron chi connectivity index (χ1n) is 8.52. The summed E-state index contributed by atoms with van der Waals surface area (Å²) < 4.78 is 5.34. The molecule has 1 fully saturated rings. The molecule has 0 bridgehead atoms. The van der Waals surface area contributed by atoms with Crippen LogP contribution in [0, 0.1) is 10.1 Å². The van der Waals surface area contributed by atoms with E-state index in [0.717, 1.165) is 18.9 Å². The first kappa shape index (κ1) is 18.3. The summed E-state index contributed by atoms with van der Waals surface area (Å²) in [6.45, 7) is 0. The smallest absolute Gasteiger partial charge is 0.331 e. The number of nitrogens with one attached hydrogen (secondary N) is 1. The van der Waals surface area contributed by atoms with Crippen LogP contribution in [-0.2, 0) is 14.3 Å². The largest absolute Gasteiger partial charge is 0.444 e. The summed E-state index contributed by atoms with van der Waals surface area (Å²) in [5, 5.41) is 13.9. The highest BCUT2D eigenvalue weighted by atomic mass is 16.6. The fraction of sp³-hybridized carbons (Fsp3) is 0.200. The average Bonchev–Trinajstić information content (AvgIpc) is 3.49. The molecule has 0 spiro atoms. The van der Waals surface area contributed by atoms with Gasteiger partial charge in [0.1, 0.15) is 0 Å². The lowest BCUT2D eigenvalue weighted by atomic mass is 10.1. The first-order valence-corrected chi connectivity index (χ1v) is 8.52. The van der Waals surface area contributed by atoms with E-state index in [9.17, 15) is 19.7 Å². The minimum atomic E-state index is -1.07. The molecule has 0 unspecified atom stereocenters. The highest BCUT2D eigenvalue weighted by molar-refractivity contribution is 5.91. The van der Waals surface area contributed by atoms with Gasteiger partial charge in [0.2, 0.25) is 6.10 Å². The number of nitrogens with zero attached hydrogens (tertiary/aromatic N) is 1. The quantitative estimate of drug-likeness (QED) is 0.351. The number of esters is 1. The fourth-order valence-corrected chi connectivity index (χ4v) is 2.51. The predicted octanol–water partition coefficient (Wildman–Crippen LogP) is 3.17. The van der Waals surface area contributed by atoms with E-state index in [1.54, 1.807) is 42.5 Å². The molecule has 1 N–H and O–H groups in total. The van der Waals surface area contributed by atoms with Crippen LogP contribution in [0.15, 0.2) is 60.7 Å². The van der Waals surface area contributed by atoms with Crippen molar-refractivity contribution in [3.05, 3.63) is 81.9 Å². The van der Waals surface area contributed by atoms with Crippen molar-refractivity contribution in [3.63, 3.8) is 0 Å². The average molecular weight is 366 g/mol. The van der Waals surface area contributed by atoms with Gasteiger partial charge in [-0.25, -0.2) is 4.79 Å². The van der Waals surface area contributed by atoms with Crippen molar-refractivity contribution >= 4 is 23.6 Å². The zero-order valence-corrected chi connectivity index (χ0v) is 14.4. The van der Waals surface area contributed by atoms with Crippen LogP contribution in [0.2, 0.25) is 0 Å². The van der Waals surface area contributed by atoms with Gasteiger partial charge < -0.3 is 10.1 Å². The second-order valence-electron chi connectivity index (χ2n) is 6.16. The second-order valence-corrected chi connectivity index (χ2v) is 6.16. The number of nitro groups is 1. The van der Waals surface area contributed by atoms with Crippen LogP contribution >= 0.6 is 0 Å². The van der Waals surface area contributed by atoms with Crippen LogP contribution < -0.4 is 5.32 Å². The summed E-state index contributed by atoms with van der Waals surface area (Å²) in [7, 11) is 0. The third-order valence-electron chi connectivity index (χ3n) is 4.03. The molecule has 1 atom stereocenters. The Labute approximate surface area is 155 Å². The second kappa shape index (κ2) is 8.27. The van der Waals surface area contributed by atoms with Gasteiger partial charge in [0.25, 0.3) is 11.6 Å². The summed E-state index contributed by atoms with van der Waals surface area (Å²) in [5.74, 6) is -1.14. The van der Waals surface area contributed by atoms with Crippen LogP contribution in [0.5, 0.6) is 0 Å². The molecule has 1 amide bonds. The number of carbonyl (C=O) groups excluding carboxylic acids is 2. The van der Waals surface area contributed by atoms with Crippen LogP contribution in [0.4, 0.5) is 5.69 Å². The van der Waals surface area contributed by atoms with Gasteiger partial charge in [-0.05, 0) is 25.0 Å². The van der Waals surface area contributed by atoms with Gasteiger partial charge in [-0.3, -0.25) is 14.9 Å². The lowest BCUT2D eigenvalue weighted by Gasteiger charge is -2.17. The minimum absolute atomic E-state index is 0.118. The van der Waals surface area contributed by atoms with Crippen LogP contribution in [0.3, 0.4) is 0 Å². The van der Waals surface area contributed by atoms with Crippen molar-refractivity contribution in [2.24, 2.45) is 0 Å². The molecule has 2 aromatic carbocycles. The van der Waals surface area contributed by atoms with Crippen LogP contribution in [0.25, 0.3) is 6.08 Å². The summed E-state index contributed by atoms with van der Waals surface area (Å²) in [6, 6.07) is 14.9. The molecule has 0 aromatic heterocycles. The third-order valence-corrected chi connectivity index (χ3v) is 4.03. The number of amides is 1. The Morgan fingerprint density at radius 1 is 1.11 bits per heavy atom. The van der Waals surface area contributed by atoms with E-state index in [0.29, 0.717) is 5.56 Å². The fourth-order valence-electron chi connectivity index (χ4n) is 2.51. The Morgan fingerprint density at radius 3 is 2.44 bits per heavy atom. The number of benzene rings is 2. The Balaban J connectivity index is 1.74. The predicted molar refractivity (Wildman–Crippen MR) is 98.6 cm³/mol. The molecule has 1 saturated carbocycles. The van der Waals surface area contributed by atoms with Crippen molar-refractivity contribution < 1.29 is 19.2 Å². The van der Waals surface area contributed by atoms with E-state index >= 15 is 0 Å². The standard InChI is InChI=1S/C20H18N2O5/c23-18(13-10-14-6-4-5-9-17(14)22(25)26)27-19(15-7-2-1-3-8-15)20(24)21-16-11-12-16/h1-10,13,16,19H,11-12H2,(H,21,24)/b13-10+/t19-/m1/s1. The van der Waals surface area contributed by atoms with Gasteiger partial charge in [-0.1, -0.05) is 42.5 Å². The Morgan fingerprint density at radius 2 is 1.78 bits per heavy atom. The minimum Gasteiger partial charge on any atom is -0.444 e. The van der Waals surface area contributed by atoms with Gasteiger partial charge in [0.05, 0.1) is 10.5 Å². The maximum absolute atomic E-state index is 12.4. The van der Waals surface area contributed by atoms with Gasteiger partial charge >= 0.3 is 5.97 Å². The molecule has 7 nitrogen and oxygen atoms in total. The van der Waals surface area contributed by atoms with Gasteiger partial charge in [-0.15, -0.1) is 0 Å². The van der Waals surface area contributed by atoms with Crippen LogP contribution in [-0.4, -0.2) is 22.8 Å². The molecule has 0 aliphatic heterocycles. The van der Waals surface area contributed by atoms with E-state index in [1.165, 1.54) is 18.2 Å². The van der Waals surface area contributed by atoms with E-state index < -0.39 is 17.0 Å². The highest BCUT2D eigenvalue weighted by Gasteiger charge is 2.30. The molecule has 0 heterocycles. The normalized spacial score (nSPS) is 14.5. The molecule has 3 rings (SSSR count). The molecule has 0 radical (unpaired) electrons. The summed E-state index contributed by atoms with van der Waals surface area (Å²) in [6.07, 6.45) is 3.15. The van der Waals surface area contributed by atoms with Crippen molar-refractivity contribution in [1.82, 2.24) is 5.32 Å². The number of ether oxygens (including phenoxy) is 1. The van der Waals surface area contributed by atoms with E-state index in [1.807, 2.05) is 0 Å². The monoisotopic (exact) mass is 366 g/mol. The Kier molecular flexibility index (Phi) is 5.61. The van der Waals surface area contributed by atoms with E-state index in [2.05, 4.69) is 5.32 Å². The maximum Gasteiger partial charge on any atom is 0.331 e. The maximum atomic E-state index is 12.4. The highest BCUT2D eigenvalue weighted by Crippen LogP contribution is 2.24. The van der Waals surface area contributed by atoms with Gasteiger partial charge in [0, 0.05) is 23.7 Å². The SMILES string of the molecule is O=C(/C=C/c1ccccc1[N+](=O)[O-])O[C@@H](C(=O)NC1CC1)c1ccccc1. The lowest BCUT2D eigenvalue weighted by molar-refractivity contribution is -0.385. The topological polar surface area (TPSA) is 98.5 Å². The van der Waals surface area contributed by atoms with Gasteiger partial charge in [-0.2, -0.15) is 0 Å². The number of carbonyl (C=O) groups is 2. The number of para-hydroxylation sites is 1. The van der Waals surface area contributed by atoms with Crippen molar-refractivity contribution in [1.29, 1.82) is 0 Å². The number of rotatable bonds is 7. The molecule has 1 aliphatic carbocycles.